The number of aromatic hydroxyl groups is 1. The van der Waals surface area contributed by atoms with Crippen molar-refractivity contribution < 1.29 is 29.3 Å². The van der Waals surface area contributed by atoms with E-state index in [0.29, 0.717) is 5.56 Å². The summed E-state index contributed by atoms with van der Waals surface area (Å²) in [5, 5.41) is 23.4. The third kappa shape index (κ3) is 7.00. The van der Waals surface area contributed by atoms with E-state index in [1.807, 2.05) is 0 Å². The van der Waals surface area contributed by atoms with Gasteiger partial charge in [-0.2, -0.15) is 0 Å². The molecule has 1 aromatic carbocycles. The molecule has 0 fully saturated rings. The number of aliphatic carboxylic acids is 1. The molecule has 0 heterocycles. The number of hydrogen-bond donors (Lipinski definition) is 4. The van der Waals surface area contributed by atoms with Crippen LogP contribution < -0.4 is 10.6 Å². The van der Waals surface area contributed by atoms with Crippen LogP contribution in [0.25, 0.3) is 0 Å². The Bertz CT molecular complexity index is 661. The lowest BCUT2D eigenvalue weighted by Crippen LogP contribution is -2.57. The van der Waals surface area contributed by atoms with Crippen molar-refractivity contribution in [2.75, 3.05) is 0 Å². The molecule has 4 N–H and O–H groups in total. The van der Waals surface area contributed by atoms with Crippen LogP contribution in [-0.4, -0.2) is 45.4 Å². The van der Waals surface area contributed by atoms with E-state index >= 15 is 0 Å². The number of benzene rings is 1. The van der Waals surface area contributed by atoms with Gasteiger partial charge in [0.1, 0.15) is 22.9 Å². The summed E-state index contributed by atoms with van der Waals surface area (Å²) in [6.07, 6.45) is -0.689. The van der Waals surface area contributed by atoms with Crippen molar-refractivity contribution in [1.29, 1.82) is 0 Å². The standard InChI is InChI=1S/C18H26N2O6/c1-17(2,3)26-16(25)19-13(10-11-6-8-12(21)9-7-11)14(22)20-18(4,5)15(23)24/h6-9,13,21H,10H2,1-5H3,(H,19,25)(H,20,22)(H,23,24)/t13-/m0/s1. The lowest BCUT2D eigenvalue weighted by Gasteiger charge is -2.27. The molecule has 1 atom stereocenters. The number of phenolic OH excluding ortho intramolecular Hbond substituents is 1. The number of carbonyl (C=O) groups excluding carboxylic acids is 2. The number of carboxylic acid groups (broad SMARTS) is 1. The van der Waals surface area contributed by atoms with Gasteiger partial charge in [0, 0.05) is 6.42 Å². The molecule has 8 nitrogen and oxygen atoms in total. The Balaban J connectivity index is 2.96. The Kier molecular flexibility index (Phi) is 6.60. The van der Waals surface area contributed by atoms with Crippen molar-refractivity contribution in [3.63, 3.8) is 0 Å². The number of carbonyl (C=O) groups is 3. The maximum absolute atomic E-state index is 12.5. The van der Waals surface area contributed by atoms with Crippen LogP contribution in [0.3, 0.4) is 0 Å². The van der Waals surface area contributed by atoms with E-state index in [4.69, 9.17) is 4.74 Å². The van der Waals surface area contributed by atoms with Crippen LogP contribution >= 0.6 is 0 Å². The van der Waals surface area contributed by atoms with Gasteiger partial charge < -0.3 is 25.6 Å². The third-order valence-electron chi connectivity index (χ3n) is 3.35. The molecule has 1 rings (SSSR count). The van der Waals surface area contributed by atoms with E-state index < -0.39 is 35.2 Å². The van der Waals surface area contributed by atoms with Gasteiger partial charge in [-0.15, -0.1) is 0 Å². The molecule has 0 bridgehead atoms. The Morgan fingerprint density at radius 1 is 1.08 bits per heavy atom. The molecule has 2 amide bonds. The van der Waals surface area contributed by atoms with Gasteiger partial charge in [-0.3, -0.25) is 4.79 Å². The summed E-state index contributed by atoms with van der Waals surface area (Å²) in [5.41, 5.74) is -1.57. The average Bonchev–Trinajstić information content (AvgIpc) is 2.46. The second-order valence-electron chi connectivity index (χ2n) is 7.49. The molecule has 0 aliphatic rings. The lowest BCUT2D eigenvalue weighted by atomic mass is 10.0. The van der Waals surface area contributed by atoms with Gasteiger partial charge in [-0.05, 0) is 52.3 Å². The largest absolute Gasteiger partial charge is 0.508 e. The number of nitrogens with one attached hydrogen (secondary N) is 2. The normalized spacial score (nSPS) is 12.8. The van der Waals surface area contributed by atoms with E-state index in [1.165, 1.54) is 26.0 Å². The first-order valence-corrected chi connectivity index (χ1v) is 8.13. The van der Waals surface area contributed by atoms with Crippen molar-refractivity contribution in [2.24, 2.45) is 0 Å². The molecule has 0 saturated heterocycles. The second kappa shape index (κ2) is 8.07. The third-order valence-corrected chi connectivity index (χ3v) is 3.35. The summed E-state index contributed by atoms with van der Waals surface area (Å²) in [5.74, 6) is -1.79. The van der Waals surface area contributed by atoms with Crippen LogP contribution in [-0.2, 0) is 20.7 Å². The number of hydrogen-bond acceptors (Lipinski definition) is 5. The number of amides is 2. The van der Waals surface area contributed by atoms with E-state index in [0.717, 1.165) is 0 Å². The van der Waals surface area contributed by atoms with Gasteiger partial charge in [0.2, 0.25) is 5.91 Å². The Morgan fingerprint density at radius 3 is 2.08 bits per heavy atom. The zero-order chi connectivity index (χ0) is 20.1. The summed E-state index contributed by atoms with van der Waals surface area (Å²) in [4.78, 5) is 35.8. The molecule has 0 saturated carbocycles. The van der Waals surface area contributed by atoms with Crippen molar-refractivity contribution in [2.45, 2.75) is 58.2 Å². The Morgan fingerprint density at radius 2 is 1.62 bits per heavy atom. The van der Waals surface area contributed by atoms with E-state index in [-0.39, 0.29) is 12.2 Å². The van der Waals surface area contributed by atoms with Gasteiger partial charge >= 0.3 is 12.1 Å². The minimum absolute atomic E-state index is 0.0712. The molecular formula is C18H26N2O6. The second-order valence-corrected chi connectivity index (χ2v) is 7.49. The summed E-state index contributed by atoms with van der Waals surface area (Å²) < 4.78 is 5.17. The quantitative estimate of drug-likeness (QED) is 0.608. The molecule has 0 unspecified atom stereocenters. The monoisotopic (exact) mass is 366 g/mol. The topological polar surface area (TPSA) is 125 Å². The predicted molar refractivity (Wildman–Crippen MR) is 94.8 cm³/mol. The fourth-order valence-electron chi connectivity index (χ4n) is 1.98. The minimum Gasteiger partial charge on any atom is -0.508 e. The zero-order valence-corrected chi connectivity index (χ0v) is 15.6. The maximum Gasteiger partial charge on any atom is 0.408 e. The Labute approximate surface area is 152 Å². The predicted octanol–water partition coefficient (Wildman–Crippen LogP) is 1.81. The minimum atomic E-state index is -1.50. The highest BCUT2D eigenvalue weighted by molar-refractivity contribution is 5.91. The average molecular weight is 366 g/mol. The van der Waals surface area contributed by atoms with Crippen LogP contribution in [0.4, 0.5) is 4.79 Å². The van der Waals surface area contributed by atoms with Crippen molar-refractivity contribution in [3.05, 3.63) is 29.8 Å². The zero-order valence-electron chi connectivity index (χ0n) is 15.6. The van der Waals surface area contributed by atoms with E-state index in [2.05, 4.69) is 10.6 Å². The van der Waals surface area contributed by atoms with Crippen LogP contribution in [0.2, 0.25) is 0 Å². The van der Waals surface area contributed by atoms with E-state index in [9.17, 15) is 24.6 Å². The first kappa shape index (κ1) is 21.3. The van der Waals surface area contributed by atoms with Crippen LogP contribution in [0.5, 0.6) is 5.75 Å². The molecule has 0 aliphatic carbocycles. The van der Waals surface area contributed by atoms with Crippen LogP contribution in [0.15, 0.2) is 24.3 Å². The van der Waals surface area contributed by atoms with Crippen molar-refractivity contribution >= 4 is 18.0 Å². The summed E-state index contributed by atoms with van der Waals surface area (Å²) >= 11 is 0. The number of carboxylic acids is 1. The summed E-state index contributed by atoms with van der Waals surface area (Å²) in [6, 6.07) is 5.08. The molecule has 144 valence electrons. The Hall–Kier alpha value is -2.77. The highest BCUT2D eigenvalue weighted by atomic mass is 16.6. The van der Waals surface area contributed by atoms with Gasteiger partial charge in [-0.1, -0.05) is 12.1 Å². The molecule has 0 spiro atoms. The molecular weight excluding hydrogens is 340 g/mol. The number of rotatable bonds is 6. The molecule has 8 heteroatoms. The van der Waals surface area contributed by atoms with Gasteiger partial charge in [0.05, 0.1) is 0 Å². The molecule has 0 radical (unpaired) electrons. The van der Waals surface area contributed by atoms with Crippen molar-refractivity contribution in [1.82, 2.24) is 10.6 Å². The highest BCUT2D eigenvalue weighted by Gasteiger charge is 2.33. The first-order valence-electron chi connectivity index (χ1n) is 8.13. The highest BCUT2D eigenvalue weighted by Crippen LogP contribution is 2.13. The van der Waals surface area contributed by atoms with Gasteiger partial charge in [0.25, 0.3) is 0 Å². The van der Waals surface area contributed by atoms with Crippen molar-refractivity contribution in [3.8, 4) is 5.75 Å². The lowest BCUT2D eigenvalue weighted by molar-refractivity contribution is -0.146. The van der Waals surface area contributed by atoms with Gasteiger partial charge in [-0.25, -0.2) is 9.59 Å². The molecule has 0 aromatic heterocycles. The maximum atomic E-state index is 12.5. The first-order chi connectivity index (χ1) is 11.8. The fourth-order valence-corrected chi connectivity index (χ4v) is 1.98. The number of alkyl carbamates (subject to hydrolysis) is 1. The summed E-state index contributed by atoms with van der Waals surface area (Å²) in [7, 11) is 0. The number of phenols is 1. The molecule has 0 aliphatic heterocycles. The van der Waals surface area contributed by atoms with Crippen LogP contribution in [0, 0.1) is 0 Å². The van der Waals surface area contributed by atoms with E-state index in [1.54, 1.807) is 32.9 Å². The fraction of sp³-hybridized carbons (Fsp3) is 0.500. The summed E-state index contributed by atoms with van der Waals surface area (Å²) in [6.45, 7) is 7.76. The molecule has 26 heavy (non-hydrogen) atoms. The smallest absolute Gasteiger partial charge is 0.408 e. The SMILES string of the molecule is CC(C)(C)OC(=O)N[C@@H](Cc1ccc(O)cc1)C(=O)NC(C)(C)C(=O)O. The van der Waals surface area contributed by atoms with Gasteiger partial charge in [0.15, 0.2) is 0 Å². The van der Waals surface area contributed by atoms with Crippen LogP contribution in [0.1, 0.15) is 40.2 Å². The molecule has 1 aromatic rings. The number of ether oxygens (including phenoxy) is 1.